The number of carbonyl (C=O) groups is 2. The smallest absolute Gasteiger partial charge is 0.271 e. The Balaban J connectivity index is 1.59. The van der Waals surface area contributed by atoms with Gasteiger partial charge in [-0.2, -0.15) is 0 Å². The number of non-ortho nitro benzene ring substituents is 1. The third kappa shape index (κ3) is 5.84. The van der Waals surface area contributed by atoms with Crippen molar-refractivity contribution < 1.29 is 34.9 Å². The maximum Gasteiger partial charge on any atom is 0.271 e. The minimum atomic E-state index is -1.06. The Morgan fingerprint density at radius 1 is 1.12 bits per heavy atom. The van der Waals surface area contributed by atoms with Gasteiger partial charge in [-0.1, -0.05) is 43.2 Å². The number of rotatable bonds is 11. The number of anilines is 1. The van der Waals surface area contributed by atoms with Crippen molar-refractivity contribution in [2.75, 3.05) is 18.1 Å². The molecule has 0 unspecified atom stereocenters. The first-order chi connectivity index (χ1) is 19.2. The zero-order valence-corrected chi connectivity index (χ0v) is 22.3. The van der Waals surface area contributed by atoms with Crippen LogP contribution >= 0.6 is 0 Å². The molecule has 0 aromatic heterocycles. The summed E-state index contributed by atoms with van der Waals surface area (Å²) in [5.41, 5.74) is 2.61. The summed E-state index contributed by atoms with van der Waals surface area (Å²) in [5, 5.41) is 52.7. The molecule has 0 saturated carbocycles. The lowest BCUT2D eigenvalue weighted by Gasteiger charge is -2.36. The summed E-state index contributed by atoms with van der Waals surface area (Å²) >= 11 is 0. The van der Waals surface area contributed by atoms with Crippen molar-refractivity contribution in [3.05, 3.63) is 80.9 Å². The number of nitrogens with zero attached hydrogens (tertiary/aromatic N) is 2. The Bertz CT molecular complexity index is 1330. The van der Waals surface area contributed by atoms with Gasteiger partial charge in [-0.15, -0.1) is 0 Å². The van der Waals surface area contributed by atoms with Gasteiger partial charge < -0.3 is 20.4 Å². The predicted octanol–water partition coefficient (Wildman–Crippen LogP) is 3.73. The molecule has 212 valence electrons. The zero-order chi connectivity index (χ0) is 29.0. The number of phenols is 1. The van der Waals surface area contributed by atoms with Crippen molar-refractivity contribution in [2.45, 2.75) is 45.1 Å². The molecule has 10 heteroatoms. The first-order valence-electron chi connectivity index (χ1n) is 13.4. The molecule has 1 fully saturated rings. The van der Waals surface area contributed by atoms with E-state index in [9.17, 15) is 40.1 Å². The van der Waals surface area contributed by atoms with Crippen LogP contribution in [-0.2, 0) is 9.59 Å². The highest BCUT2D eigenvalue weighted by molar-refractivity contribution is 6.22. The molecule has 1 aliphatic carbocycles. The zero-order valence-electron chi connectivity index (χ0n) is 22.3. The number of amides is 2. The molecule has 4 atom stereocenters. The molecule has 0 bridgehead atoms. The molecule has 1 saturated heterocycles. The van der Waals surface area contributed by atoms with Gasteiger partial charge in [-0.05, 0) is 60.6 Å². The Morgan fingerprint density at radius 3 is 2.48 bits per heavy atom. The van der Waals surface area contributed by atoms with E-state index in [1.165, 1.54) is 18.2 Å². The van der Waals surface area contributed by atoms with Crippen molar-refractivity contribution in [3.63, 3.8) is 0 Å². The van der Waals surface area contributed by atoms with Crippen LogP contribution in [0.5, 0.6) is 5.75 Å². The number of fused-ring (bicyclic) bond motifs is 1. The molecule has 2 amide bonds. The van der Waals surface area contributed by atoms with Crippen molar-refractivity contribution in [2.24, 2.45) is 17.8 Å². The molecule has 4 N–H and O–H groups in total. The highest BCUT2D eigenvalue weighted by Crippen LogP contribution is 2.47. The van der Waals surface area contributed by atoms with Gasteiger partial charge in [-0.25, -0.2) is 4.90 Å². The van der Waals surface area contributed by atoms with E-state index in [4.69, 9.17) is 0 Å². The average molecular weight is 551 g/mol. The van der Waals surface area contributed by atoms with Crippen LogP contribution in [-0.4, -0.2) is 56.5 Å². The van der Waals surface area contributed by atoms with Crippen LogP contribution in [0.2, 0.25) is 0 Å². The monoisotopic (exact) mass is 550 g/mol. The number of aromatic hydroxyl groups is 1. The van der Waals surface area contributed by atoms with Crippen molar-refractivity contribution in [1.82, 2.24) is 0 Å². The normalized spacial score (nSPS) is 22.1. The van der Waals surface area contributed by atoms with Crippen LogP contribution in [0.4, 0.5) is 11.4 Å². The Labute approximate surface area is 232 Å². The second-order valence-electron chi connectivity index (χ2n) is 10.3. The maximum atomic E-state index is 13.6. The van der Waals surface area contributed by atoms with E-state index in [1.807, 2.05) is 13.0 Å². The van der Waals surface area contributed by atoms with Crippen molar-refractivity contribution in [3.8, 4) is 5.75 Å². The Morgan fingerprint density at radius 2 is 1.85 bits per heavy atom. The van der Waals surface area contributed by atoms with Crippen LogP contribution in [0, 0.1) is 27.9 Å². The molecular weight excluding hydrogens is 516 g/mol. The summed E-state index contributed by atoms with van der Waals surface area (Å²) in [6, 6.07) is 12.1. The number of benzene rings is 2. The van der Waals surface area contributed by atoms with E-state index >= 15 is 0 Å². The predicted molar refractivity (Wildman–Crippen MR) is 148 cm³/mol. The van der Waals surface area contributed by atoms with Crippen molar-refractivity contribution >= 4 is 29.3 Å². The lowest BCUT2D eigenvalue weighted by atomic mass is 9.68. The fraction of sp³-hybridized carbons (Fsp3) is 0.400. The standard InChI is InChI=1S/C30H34N2O8/c1-2-4-18(13-19-7-10-23(35)11-8-19)9-12-26(36)27-20(16-33)14-24-28(25(27)17-34)30(38)31(29(24)37)21-5-3-6-22(15-21)32(39)40/h3,5-8,10-11,13,15,24-26,28,33-36H,2,4,9,12,14,16-17H2,1H3/b18-13+/t24-,25+,26-,28-/m1/s1. The highest BCUT2D eigenvalue weighted by Gasteiger charge is 2.55. The van der Waals surface area contributed by atoms with E-state index in [0.717, 1.165) is 34.9 Å². The highest BCUT2D eigenvalue weighted by atomic mass is 16.6. The van der Waals surface area contributed by atoms with Crippen LogP contribution in [0.25, 0.3) is 6.08 Å². The van der Waals surface area contributed by atoms with Crippen LogP contribution in [0.1, 0.15) is 44.6 Å². The van der Waals surface area contributed by atoms with Gasteiger partial charge >= 0.3 is 0 Å². The van der Waals surface area contributed by atoms with Crippen molar-refractivity contribution in [1.29, 1.82) is 0 Å². The quantitative estimate of drug-likeness (QED) is 0.142. The van der Waals surface area contributed by atoms with Crippen LogP contribution in [0.15, 0.2) is 65.3 Å². The lowest BCUT2D eigenvalue weighted by molar-refractivity contribution is -0.384. The first kappa shape index (κ1) is 29.1. The number of aliphatic hydroxyl groups is 3. The number of hydrogen-bond donors (Lipinski definition) is 4. The number of hydrogen-bond acceptors (Lipinski definition) is 8. The van der Waals surface area contributed by atoms with Gasteiger partial charge in [0.1, 0.15) is 5.75 Å². The van der Waals surface area contributed by atoms with Gasteiger partial charge in [0.05, 0.1) is 41.8 Å². The fourth-order valence-electron chi connectivity index (χ4n) is 5.98. The second kappa shape index (κ2) is 12.5. The fourth-order valence-corrected chi connectivity index (χ4v) is 5.98. The molecule has 2 aromatic carbocycles. The molecular formula is C30H34N2O8. The lowest BCUT2D eigenvalue weighted by Crippen LogP contribution is -2.39. The molecule has 2 aliphatic rings. The van der Waals surface area contributed by atoms with E-state index in [1.54, 1.807) is 24.3 Å². The molecule has 10 nitrogen and oxygen atoms in total. The maximum absolute atomic E-state index is 13.6. The minimum absolute atomic E-state index is 0.0469. The number of carbonyl (C=O) groups excluding carboxylic acids is 2. The molecule has 4 rings (SSSR count). The van der Waals surface area contributed by atoms with Gasteiger partial charge in [0.15, 0.2) is 0 Å². The van der Waals surface area contributed by atoms with E-state index < -0.39 is 53.8 Å². The number of phenolic OH excluding ortho intramolecular Hbond substituents is 1. The Hall–Kier alpha value is -3.86. The largest absolute Gasteiger partial charge is 0.508 e. The molecule has 1 aliphatic heterocycles. The minimum Gasteiger partial charge on any atom is -0.508 e. The van der Waals surface area contributed by atoms with E-state index in [-0.39, 0.29) is 30.0 Å². The Kier molecular flexibility index (Phi) is 9.14. The van der Waals surface area contributed by atoms with Gasteiger partial charge in [0.2, 0.25) is 11.8 Å². The molecule has 0 spiro atoms. The number of allylic oxidation sites excluding steroid dienone is 1. The summed E-state index contributed by atoms with van der Waals surface area (Å²) in [6.07, 6.45) is 3.48. The van der Waals surface area contributed by atoms with Crippen LogP contribution in [0.3, 0.4) is 0 Å². The number of nitro benzene ring substituents is 1. The number of imide groups is 1. The van der Waals surface area contributed by atoms with Crippen LogP contribution < -0.4 is 4.90 Å². The summed E-state index contributed by atoms with van der Waals surface area (Å²) in [7, 11) is 0. The van der Waals surface area contributed by atoms with E-state index in [0.29, 0.717) is 17.6 Å². The molecule has 1 heterocycles. The van der Waals surface area contributed by atoms with Gasteiger partial charge in [0.25, 0.3) is 5.69 Å². The number of nitro groups is 1. The third-order valence-electron chi connectivity index (χ3n) is 7.80. The molecule has 0 radical (unpaired) electrons. The topological polar surface area (TPSA) is 161 Å². The van der Waals surface area contributed by atoms with Gasteiger partial charge in [0, 0.05) is 18.1 Å². The second-order valence-corrected chi connectivity index (χ2v) is 10.3. The number of aliphatic hydroxyl groups excluding tert-OH is 3. The molecule has 2 aromatic rings. The SMILES string of the molecule is CCC/C(=C\c1ccc(O)cc1)CC[C@@H](O)C1=C(CO)C[C@H]2C(=O)N(c3cccc([N+](=O)[O-])c3)C(=O)[C@H]2[C@H]1CO. The van der Waals surface area contributed by atoms with Gasteiger partial charge in [-0.3, -0.25) is 19.7 Å². The third-order valence-corrected chi connectivity index (χ3v) is 7.80. The summed E-state index contributed by atoms with van der Waals surface area (Å²) < 4.78 is 0. The van der Waals surface area contributed by atoms with E-state index in [2.05, 4.69) is 0 Å². The average Bonchev–Trinajstić information content (AvgIpc) is 3.20. The molecule has 40 heavy (non-hydrogen) atoms. The summed E-state index contributed by atoms with van der Waals surface area (Å²) in [6.45, 7) is 1.10. The first-order valence-corrected chi connectivity index (χ1v) is 13.4. The summed E-state index contributed by atoms with van der Waals surface area (Å²) in [5.74, 6) is -3.66. The summed E-state index contributed by atoms with van der Waals surface area (Å²) in [4.78, 5) is 38.5.